The van der Waals surface area contributed by atoms with E-state index in [4.69, 9.17) is 4.42 Å². The molecule has 0 aliphatic rings. The molecule has 0 aliphatic carbocycles. The Kier molecular flexibility index (Phi) is 4.24. The van der Waals surface area contributed by atoms with Gasteiger partial charge in [-0.1, -0.05) is 18.2 Å². The number of halogens is 1. The van der Waals surface area contributed by atoms with E-state index in [9.17, 15) is 14.9 Å². The quantitative estimate of drug-likeness (QED) is 0.357. The van der Waals surface area contributed by atoms with E-state index in [1.165, 1.54) is 12.1 Å². The lowest BCUT2D eigenvalue weighted by molar-refractivity contribution is -0.384. The third kappa shape index (κ3) is 3.16. The lowest BCUT2D eigenvalue weighted by Crippen LogP contribution is -2.07. The van der Waals surface area contributed by atoms with Crippen molar-refractivity contribution >= 4 is 51.4 Å². The first-order valence-corrected chi connectivity index (χ1v) is 7.78. The van der Waals surface area contributed by atoms with Gasteiger partial charge in [0.15, 0.2) is 0 Å². The van der Waals surface area contributed by atoms with Gasteiger partial charge in [-0.05, 0) is 58.5 Å². The number of benzene rings is 2. The van der Waals surface area contributed by atoms with Crippen LogP contribution in [-0.4, -0.2) is 4.92 Å². The molecule has 0 radical (unpaired) electrons. The van der Waals surface area contributed by atoms with Gasteiger partial charge in [0.25, 0.3) is 5.69 Å². The van der Waals surface area contributed by atoms with Crippen molar-refractivity contribution in [1.82, 2.24) is 0 Å². The molecule has 0 amide bonds. The summed E-state index contributed by atoms with van der Waals surface area (Å²) in [5.41, 5.74) is 1.27. The van der Waals surface area contributed by atoms with Crippen molar-refractivity contribution < 1.29 is 9.34 Å². The standard InChI is InChI=1S/C17H10INO4/c18-16-15(23-14-4-2-1-3-13(14)17(16)20)10-7-11-5-8-12(9-6-11)19(21)22/h1-10H/b10-7+. The molecule has 0 spiro atoms. The summed E-state index contributed by atoms with van der Waals surface area (Å²) in [7, 11) is 0. The summed E-state index contributed by atoms with van der Waals surface area (Å²) < 4.78 is 6.25. The van der Waals surface area contributed by atoms with E-state index < -0.39 is 4.92 Å². The van der Waals surface area contributed by atoms with Crippen LogP contribution in [0.25, 0.3) is 23.1 Å². The Labute approximate surface area is 144 Å². The van der Waals surface area contributed by atoms with E-state index in [2.05, 4.69) is 0 Å². The number of para-hydroxylation sites is 1. The summed E-state index contributed by atoms with van der Waals surface area (Å²) in [6.07, 6.45) is 3.44. The fourth-order valence-electron chi connectivity index (χ4n) is 2.12. The average molecular weight is 419 g/mol. The highest BCUT2D eigenvalue weighted by Gasteiger charge is 2.09. The smallest absolute Gasteiger partial charge is 0.269 e. The molecule has 23 heavy (non-hydrogen) atoms. The predicted molar refractivity (Wildman–Crippen MR) is 97.2 cm³/mol. The molecule has 0 N–H and O–H groups in total. The summed E-state index contributed by atoms with van der Waals surface area (Å²) in [5.74, 6) is 0.465. The van der Waals surface area contributed by atoms with Gasteiger partial charge in [-0.2, -0.15) is 0 Å². The first-order valence-electron chi connectivity index (χ1n) is 6.70. The van der Waals surface area contributed by atoms with Crippen LogP contribution in [0, 0.1) is 13.7 Å². The van der Waals surface area contributed by atoms with Gasteiger partial charge < -0.3 is 4.42 Å². The highest BCUT2D eigenvalue weighted by molar-refractivity contribution is 14.1. The van der Waals surface area contributed by atoms with Gasteiger partial charge in [0, 0.05) is 12.1 Å². The molecular weight excluding hydrogens is 409 g/mol. The normalized spacial score (nSPS) is 11.2. The van der Waals surface area contributed by atoms with Gasteiger partial charge in [0.05, 0.1) is 10.3 Å². The van der Waals surface area contributed by atoms with Crippen LogP contribution < -0.4 is 5.43 Å². The number of hydrogen-bond donors (Lipinski definition) is 0. The van der Waals surface area contributed by atoms with Crippen LogP contribution in [0.15, 0.2) is 57.7 Å². The molecule has 0 saturated heterocycles. The Morgan fingerprint density at radius 3 is 2.43 bits per heavy atom. The SMILES string of the molecule is O=c1c(I)c(/C=C/c2ccc([N+](=O)[O-])cc2)oc2ccccc12. The van der Waals surface area contributed by atoms with Crippen LogP contribution >= 0.6 is 22.6 Å². The van der Waals surface area contributed by atoms with Crippen molar-refractivity contribution in [3.8, 4) is 0 Å². The van der Waals surface area contributed by atoms with E-state index in [1.54, 1.807) is 42.5 Å². The number of nitro groups is 1. The van der Waals surface area contributed by atoms with Gasteiger partial charge >= 0.3 is 0 Å². The minimum absolute atomic E-state index is 0.0361. The molecule has 2 aromatic carbocycles. The number of nitro benzene ring substituents is 1. The number of fused-ring (bicyclic) bond motifs is 1. The Bertz CT molecular complexity index is 974. The van der Waals surface area contributed by atoms with Crippen molar-refractivity contribution in [2.75, 3.05) is 0 Å². The lowest BCUT2D eigenvalue weighted by Gasteiger charge is -2.02. The molecule has 0 bridgehead atoms. The van der Waals surface area contributed by atoms with Gasteiger partial charge in [-0.15, -0.1) is 0 Å². The van der Waals surface area contributed by atoms with E-state index >= 15 is 0 Å². The summed E-state index contributed by atoms with van der Waals surface area (Å²) in [5, 5.41) is 11.2. The summed E-state index contributed by atoms with van der Waals surface area (Å²) >= 11 is 1.96. The molecule has 6 heteroatoms. The Hall–Kier alpha value is -2.48. The summed E-state index contributed by atoms with van der Waals surface area (Å²) in [6, 6.07) is 13.2. The van der Waals surface area contributed by atoms with Crippen molar-refractivity contribution in [1.29, 1.82) is 0 Å². The maximum Gasteiger partial charge on any atom is 0.269 e. The van der Waals surface area contributed by atoms with Gasteiger partial charge in [0.1, 0.15) is 14.9 Å². The fraction of sp³-hybridized carbons (Fsp3) is 0. The second-order valence-electron chi connectivity index (χ2n) is 4.79. The molecular formula is C17H10INO4. The van der Waals surface area contributed by atoms with Crippen LogP contribution in [0.5, 0.6) is 0 Å². The first-order chi connectivity index (χ1) is 11.1. The third-order valence-corrected chi connectivity index (χ3v) is 4.32. The maximum absolute atomic E-state index is 12.3. The van der Waals surface area contributed by atoms with Gasteiger partial charge in [-0.3, -0.25) is 14.9 Å². The van der Waals surface area contributed by atoms with E-state index in [1.807, 2.05) is 28.7 Å². The summed E-state index contributed by atoms with van der Waals surface area (Å²) in [4.78, 5) is 22.5. The fourth-order valence-corrected chi connectivity index (χ4v) is 2.70. The van der Waals surface area contributed by atoms with Gasteiger partial charge in [0.2, 0.25) is 5.43 Å². The molecule has 114 valence electrons. The molecule has 0 unspecified atom stereocenters. The monoisotopic (exact) mass is 419 g/mol. The molecule has 1 heterocycles. The minimum Gasteiger partial charge on any atom is -0.455 e. The Balaban J connectivity index is 1.99. The zero-order valence-electron chi connectivity index (χ0n) is 11.7. The van der Waals surface area contributed by atoms with E-state index in [0.717, 1.165) is 5.56 Å². The largest absolute Gasteiger partial charge is 0.455 e. The highest BCUT2D eigenvalue weighted by atomic mass is 127. The Morgan fingerprint density at radius 2 is 1.74 bits per heavy atom. The van der Waals surface area contributed by atoms with Crippen LogP contribution in [-0.2, 0) is 0 Å². The average Bonchev–Trinajstić information content (AvgIpc) is 2.57. The van der Waals surface area contributed by atoms with Crippen LogP contribution in [0.2, 0.25) is 0 Å². The highest BCUT2D eigenvalue weighted by Crippen LogP contribution is 2.20. The molecule has 5 nitrogen and oxygen atoms in total. The zero-order chi connectivity index (χ0) is 16.4. The summed E-state index contributed by atoms with van der Waals surface area (Å²) in [6.45, 7) is 0. The van der Waals surface area contributed by atoms with Crippen molar-refractivity contribution in [3.63, 3.8) is 0 Å². The van der Waals surface area contributed by atoms with Crippen LogP contribution in [0.4, 0.5) is 5.69 Å². The van der Waals surface area contributed by atoms with Crippen molar-refractivity contribution in [2.45, 2.75) is 0 Å². The number of nitrogens with zero attached hydrogens (tertiary/aromatic N) is 1. The topological polar surface area (TPSA) is 73.3 Å². The molecule has 1 aromatic heterocycles. The Morgan fingerprint density at radius 1 is 1.04 bits per heavy atom. The minimum atomic E-state index is -0.446. The van der Waals surface area contributed by atoms with Crippen LogP contribution in [0.3, 0.4) is 0 Å². The van der Waals surface area contributed by atoms with Crippen molar-refractivity contribution in [2.24, 2.45) is 0 Å². The first kappa shape index (κ1) is 15.4. The molecule has 0 saturated carbocycles. The zero-order valence-corrected chi connectivity index (χ0v) is 13.9. The predicted octanol–water partition coefficient (Wildman–Crippen LogP) is 4.48. The van der Waals surface area contributed by atoms with Crippen LogP contribution in [0.1, 0.15) is 11.3 Å². The molecule has 0 aliphatic heterocycles. The second kappa shape index (κ2) is 6.33. The molecule has 0 atom stereocenters. The number of hydrogen-bond acceptors (Lipinski definition) is 4. The number of non-ortho nitro benzene ring substituents is 1. The molecule has 0 fully saturated rings. The van der Waals surface area contributed by atoms with Crippen molar-refractivity contribution in [3.05, 3.63) is 83.8 Å². The third-order valence-electron chi connectivity index (χ3n) is 3.30. The van der Waals surface area contributed by atoms with Gasteiger partial charge in [-0.25, -0.2) is 0 Å². The maximum atomic E-state index is 12.3. The molecule has 3 rings (SSSR count). The second-order valence-corrected chi connectivity index (χ2v) is 5.87. The molecule has 3 aromatic rings. The van der Waals surface area contributed by atoms with E-state index in [-0.39, 0.29) is 11.1 Å². The van der Waals surface area contributed by atoms with E-state index in [0.29, 0.717) is 20.3 Å². The number of rotatable bonds is 3. The lowest BCUT2D eigenvalue weighted by atomic mass is 10.1.